The Balaban J connectivity index is 1.75. The number of nitrogens with zero attached hydrogens (tertiary/aromatic N) is 3. The molecule has 1 aromatic heterocycles. The first-order valence-corrected chi connectivity index (χ1v) is 7.50. The van der Waals surface area contributed by atoms with E-state index < -0.39 is 0 Å². The second kappa shape index (κ2) is 5.34. The highest BCUT2D eigenvalue weighted by Crippen LogP contribution is 2.32. The first-order chi connectivity index (χ1) is 9.24. The highest BCUT2D eigenvalue weighted by atomic mass is 79.9. The monoisotopic (exact) mass is 338 g/mol. The molecular weight excluding hydrogens is 328 g/mol. The van der Waals surface area contributed by atoms with Gasteiger partial charge in [-0.15, -0.1) is 0 Å². The number of carbonyl (C=O) groups excluding carboxylic acids is 1. The Morgan fingerprint density at radius 3 is 3.11 bits per heavy atom. The van der Waals surface area contributed by atoms with E-state index in [1.165, 1.54) is 18.1 Å². The van der Waals surface area contributed by atoms with Gasteiger partial charge in [0.15, 0.2) is 5.16 Å². The third-order valence-electron chi connectivity index (χ3n) is 2.92. The number of aromatic nitrogens is 3. The Morgan fingerprint density at radius 1 is 1.47 bits per heavy atom. The standard InChI is InChI=1S/C12H11BrN4OS/c13-8-2-1-3-9(6-8)17-5-4-10(11(17)18)19-12-14-7-15-16-12/h1-3,6-7,10H,4-5H2,(H,14,15,16)/t10-/m0/s1. The summed E-state index contributed by atoms with van der Waals surface area (Å²) in [5.74, 6) is 0.125. The number of H-pyrrole nitrogens is 1. The molecule has 1 amide bonds. The van der Waals surface area contributed by atoms with Crippen LogP contribution in [0.2, 0.25) is 0 Å². The average molecular weight is 339 g/mol. The largest absolute Gasteiger partial charge is 0.311 e. The van der Waals surface area contributed by atoms with Crippen molar-refractivity contribution in [3.63, 3.8) is 0 Å². The van der Waals surface area contributed by atoms with Crippen LogP contribution in [0.5, 0.6) is 0 Å². The second-order valence-electron chi connectivity index (χ2n) is 4.16. The van der Waals surface area contributed by atoms with Gasteiger partial charge in [0.1, 0.15) is 6.33 Å². The normalized spacial score (nSPS) is 19.1. The molecule has 1 N–H and O–H groups in total. The van der Waals surface area contributed by atoms with Crippen LogP contribution in [0.25, 0.3) is 0 Å². The Hall–Kier alpha value is -1.34. The third-order valence-corrected chi connectivity index (χ3v) is 4.56. The molecule has 3 rings (SSSR count). The van der Waals surface area contributed by atoms with Crippen molar-refractivity contribution in [2.45, 2.75) is 16.8 Å². The van der Waals surface area contributed by atoms with E-state index in [0.29, 0.717) is 5.16 Å². The third kappa shape index (κ3) is 2.66. The van der Waals surface area contributed by atoms with E-state index >= 15 is 0 Å². The zero-order valence-corrected chi connectivity index (χ0v) is 12.3. The quantitative estimate of drug-likeness (QED) is 0.933. The molecule has 98 valence electrons. The van der Waals surface area contributed by atoms with Crippen LogP contribution in [0.15, 0.2) is 40.2 Å². The summed E-state index contributed by atoms with van der Waals surface area (Å²) < 4.78 is 0.976. The van der Waals surface area contributed by atoms with Crippen molar-refractivity contribution >= 4 is 39.3 Å². The zero-order valence-electron chi connectivity index (χ0n) is 9.91. The first kappa shape index (κ1) is 12.7. The number of rotatable bonds is 3. The molecule has 1 aliphatic rings. The molecule has 1 atom stereocenters. The summed E-state index contributed by atoms with van der Waals surface area (Å²) in [4.78, 5) is 18.2. The van der Waals surface area contributed by atoms with Gasteiger partial charge >= 0.3 is 0 Å². The molecule has 7 heteroatoms. The lowest BCUT2D eigenvalue weighted by atomic mass is 10.3. The van der Waals surface area contributed by atoms with E-state index in [4.69, 9.17) is 0 Å². The molecule has 0 saturated carbocycles. The van der Waals surface area contributed by atoms with Crippen LogP contribution in [-0.2, 0) is 4.79 Å². The van der Waals surface area contributed by atoms with Crippen molar-refractivity contribution in [3.8, 4) is 0 Å². The van der Waals surface area contributed by atoms with Crippen LogP contribution in [0, 0.1) is 0 Å². The summed E-state index contributed by atoms with van der Waals surface area (Å²) in [7, 11) is 0. The van der Waals surface area contributed by atoms with Gasteiger partial charge in [0, 0.05) is 16.7 Å². The number of thioether (sulfide) groups is 1. The zero-order chi connectivity index (χ0) is 13.2. The Morgan fingerprint density at radius 2 is 2.37 bits per heavy atom. The fourth-order valence-corrected chi connectivity index (χ4v) is 3.37. The lowest BCUT2D eigenvalue weighted by Gasteiger charge is -2.16. The molecule has 0 radical (unpaired) electrons. The summed E-state index contributed by atoms with van der Waals surface area (Å²) in [5.41, 5.74) is 0.931. The van der Waals surface area contributed by atoms with E-state index in [0.717, 1.165) is 23.1 Å². The molecule has 0 spiro atoms. The van der Waals surface area contributed by atoms with Gasteiger partial charge < -0.3 is 4.90 Å². The topological polar surface area (TPSA) is 61.9 Å². The molecule has 19 heavy (non-hydrogen) atoms. The molecule has 5 nitrogen and oxygen atoms in total. The summed E-state index contributed by atoms with van der Waals surface area (Å²) in [6, 6.07) is 7.79. The van der Waals surface area contributed by atoms with Crippen LogP contribution >= 0.6 is 27.7 Å². The lowest BCUT2D eigenvalue weighted by Crippen LogP contribution is -2.28. The highest BCUT2D eigenvalue weighted by molar-refractivity contribution is 9.10. The van der Waals surface area contributed by atoms with Crippen LogP contribution in [-0.4, -0.2) is 32.9 Å². The van der Waals surface area contributed by atoms with Gasteiger partial charge in [-0.1, -0.05) is 33.8 Å². The second-order valence-corrected chi connectivity index (χ2v) is 6.26. The number of amides is 1. The molecule has 0 aliphatic carbocycles. The van der Waals surface area contributed by atoms with Crippen molar-refractivity contribution in [3.05, 3.63) is 35.1 Å². The van der Waals surface area contributed by atoms with E-state index in [-0.39, 0.29) is 11.2 Å². The molecule has 2 aromatic rings. The molecule has 1 aliphatic heterocycles. The van der Waals surface area contributed by atoms with E-state index in [9.17, 15) is 4.79 Å². The number of benzene rings is 1. The maximum atomic E-state index is 12.4. The fourth-order valence-electron chi connectivity index (χ4n) is 2.05. The van der Waals surface area contributed by atoms with Crippen molar-refractivity contribution in [2.75, 3.05) is 11.4 Å². The summed E-state index contributed by atoms with van der Waals surface area (Å²) in [6.45, 7) is 0.737. The highest BCUT2D eigenvalue weighted by Gasteiger charge is 2.33. The number of halogens is 1. The molecule has 0 unspecified atom stereocenters. The van der Waals surface area contributed by atoms with Crippen molar-refractivity contribution < 1.29 is 4.79 Å². The smallest absolute Gasteiger partial charge is 0.240 e. The Kier molecular flexibility index (Phi) is 3.56. The van der Waals surface area contributed by atoms with Gasteiger partial charge in [-0.25, -0.2) is 4.98 Å². The molecule has 2 heterocycles. The van der Waals surface area contributed by atoms with Gasteiger partial charge in [0.25, 0.3) is 0 Å². The minimum Gasteiger partial charge on any atom is -0.311 e. The molecule has 1 aromatic carbocycles. The SMILES string of the molecule is O=C1[C@@H](Sc2ncn[nH]2)CCN1c1cccc(Br)c1. The number of nitrogens with one attached hydrogen (secondary N) is 1. The predicted octanol–water partition coefficient (Wildman–Crippen LogP) is 2.46. The van der Waals surface area contributed by atoms with Gasteiger partial charge in [0.05, 0.1) is 5.25 Å². The van der Waals surface area contributed by atoms with E-state index in [1.807, 2.05) is 29.2 Å². The lowest BCUT2D eigenvalue weighted by molar-refractivity contribution is -0.116. The van der Waals surface area contributed by atoms with Gasteiger partial charge in [-0.3, -0.25) is 9.89 Å². The van der Waals surface area contributed by atoms with Crippen molar-refractivity contribution in [2.24, 2.45) is 0 Å². The minimum absolute atomic E-state index is 0.0908. The first-order valence-electron chi connectivity index (χ1n) is 5.83. The van der Waals surface area contributed by atoms with Crippen LogP contribution in [0.1, 0.15) is 6.42 Å². The summed E-state index contributed by atoms with van der Waals surface area (Å²) in [6.07, 6.45) is 2.27. The Labute approximate surface area is 122 Å². The molecule has 0 bridgehead atoms. The minimum atomic E-state index is -0.0908. The molecule has 1 saturated heterocycles. The van der Waals surface area contributed by atoms with Crippen molar-refractivity contribution in [1.29, 1.82) is 0 Å². The van der Waals surface area contributed by atoms with Gasteiger partial charge in [-0.2, -0.15) is 5.10 Å². The summed E-state index contributed by atoms with van der Waals surface area (Å²) >= 11 is 4.86. The molecule has 1 fully saturated rings. The Bertz CT molecular complexity index is 589. The average Bonchev–Trinajstić information content (AvgIpc) is 3.01. The summed E-state index contributed by atoms with van der Waals surface area (Å²) in [5, 5.41) is 7.16. The van der Waals surface area contributed by atoms with Crippen LogP contribution < -0.4 is 4.90 Å². The maximum Gasteiger partial charge on any atom is 0.240 e. The number of anilines is 1. The van der Waals surface area contributed by atoms with Gasteiger partial charge in [0.2, 0.25) is 5.91 Å². The number of hydrogen-bond acceptors (Lipinski definition) is 4. The van der Waals surface area contributed by atoms with Crippen LogP contribution in [0.4, 0.5) is 5.69 Å². The van der Waals surface area contributed by atoms with Crippen LogP contribution in [0.3, 0.4) is 0 Å². The number of aromatic amines is 1. The van der Waals surface area contributed by atoms with E-state index in [1.54, 1.807) is 0 Å². The fraction of sp³-hybridized carbons (Fsp3) is 0.250. The predicted molar refractivity (Wildman–Crippen MR) is 77.1 cm³/mol. The van der Waals surface area contributed by atoms with Crippen molar-refractivity contribution in [1.82, 2.24) is 15.2 Å². The van der Waals surface area contributed by atoms with E-state index in [2.05, 4.69) is 31.1 Å². The molecular formula is C12H11BrN4OS. The van der Waals surface area contributed by atoms with Gasteiger partial charge in [-0.05, 0) is 24.6 Å². The number of hydrogen-bond donors (Lipinski definition) is 1. The maximum absolute atomic E-state index is 12.4. The number of carbonyl (C=O) groups is 1.